The van der Waals surface area contributed by atoms with Gasteiger partial charge in [-0.05, 0) is 52.7 Å². The van der Waals surface area contributed by atoms with Gasteiger partial charge in [0, 0.05) is 6.08 Å². The van der Waals surface area contributed by atoms with Crippen LogP contribution in [0.2, 0.25) is 0 Å². The molecule has 1 aromatic carbocycles. The van der Waals surface area contributed by atoms with Gasteiger partial charge in [-0.2, -0.15) is 0 Å². The van der Waals surface area contributed by atoms with Crippen LogP contribution >= 0.6 is 15.9 Å². The van der Waals surface area contributed by atoms with Crippen molar-refractivity contribution in [1.82, 2.24) is 5.32 Å². The number of carbonyl (C=O) groups is 1. The number of rotatable bonds is 6. The summed E-state index contributed by atoms with van der Waals surface area (Å²) in [6, 6.07) is 7.95. The number of carbonyl (C=O) groups excluding carboxylic acids is 1. The monoisotopic (exact) mass is 394 g/mol. The van der Waals surface area contributed by atoms with E-state index in [1.165, 1.54) is 24.3 Å². The number of benzene rings is 1. The molecule has 0 unspecified atom stereocenters. The zero-order valence-corrected chi connectivity index (χ0v) is 14.6. The Morgan fingerprint density at radius 3 is 2.75 bits per heavy atom. The predicted molar refractivity (Wildman–Crippen MR) is 91.6 cm³/mol. The number of nitrogens with zero attached hydrogens (tertiary/aromatic N) is 1. The van der Waals surface area contributed by atoms with Gasteiger partial charge < -0.3 is 14.5 Å². The van der Waals surface area contributed by atoms with Crippen molar-refractivity contribution in [2.24, 2.45) is 0 Å². The number of nitrogens with one attached hydrogen (secondary N) is 1. The van der Waals surface area contributed by atoms with Gasteiger partial charge in [-0.1, -0.05) is 6.07 Å². The summed E-state index contributed by atoms with van der Waals surface area (Å²) in [5.41, 5.74) is 0.901. The van der Waals surface area contributed by atoms with Gasteiger partial charge in [0.1, 0.15) is 16.4 Å². The molecule has 126 valence electrons. The number of methoxy groups -OCH3 is 1. The standard InChI is InChI=1S/C16H15BrN2O5/c1-10(11-3-6-14(23-2)13(17)9-11)18-15(20)7-4-12-5-8-16(24-12)19(21)22/h3-10H,1-2H3,(H,18,20)/b7-4+/t10-/m0/s1. The van der Waals surface area contributed by atoms with E-state index < -0.39 is 4.92 Å². The Bertz CT molecular complexity index is 785. The summed E-state index contributed by atoms with van der Waals surface area (Å²) in [6.45, 7) is 1.84. The Morgan fingerprint density at radius 1 is 1.42 bits per heavy atom. The molecular formula is C16H15BrN2O5. The third-order valence-electron chi connectivity index (χ3n) is 3.23. The normalized spacial score (nSPS) is 12.1. The van der Waals surface area contributed by atoms with Crippen LogP contribution in [0.1, 0.15) is 24.3 Å². The Hall–Kier alpha value is -2.61. The first-order valence-corrected chi connectivity index (χ1v) is 7.76. The van der Waals surface area contributed by atoms with Gasteiger partial charge in [0.15, 0.2) is 0 Å². The van der Waals surface area contributed by atoms with E-state index in [1.54, 1.807) is 13.2 Å². The maximum absolute atomic E-state index is 11.9. The molecule has 7 nitrogen and oxygen atoms in total. The second kappa shape index (κ2) is 7.78. The summed E-state index contributed by atoms with van der Waals surface area (Å²) in [7, 11) is 1.58. The van der Waals surface area contributed by atoms with Crippen molar-refractivity contribution in [3.8, 4) is 5.75 Å². The highest BCUT2D eigenvalue weighted by atomic mass is 79.9. The molecule has 1 heterocycles. The molecule has 1 atom stereocenters. The molecule has 1 N–H and O–H groups in total. The summed E-state index contributed by atoms with van der Waals surface area (Å²) in [6.07, 6.45) is 2.64. The molecule has 0 spiro atoms. The van der Waals surface area contributed by atoms with Gasteiger partial charge >= 0.3 is 5.88 Å². The second-order valence-corrected chi connectivity index (χ2v) is 5.75. The van der Waals surface area contributed by atoms with E-state index in [1.807, 2.05) is 19.1 Å². The largest absolute Gasteiger partial charge is 0.496 e. The number of halogens is 1. The summed E-state index contributed by atoms with van der Waals surface area (Å²) >= 11 is 3.40. The van der Waals surface area contributed by atoms with Crippen molar-refractivity contribution in [2.45, 2.75) is 13.0 Å². The van der Waals surface area contributed by atoms with Crippen LogP contribution in [0.3, 0.4) is 0 Å². The number of amides is 1. The van der Waals surface area contributed by atoms with Crippen LogP contribution in [0, 0.1) is 10.1 Å². The molecule has 1 aromatic heterocycles. The van der Waals surface area contributed by atoms with Gasteiger partial charge in [0.05, 0.1) is 23.7 Å². The lowest BCUT2D eigenvalue weighted by Crippen LogP contribution is -2.24. The van der Waals surface area contributed by atoms with Gasteiger partial charge in [-0.3, -0.25) is 14.9 Å². The van der Waals surface area contributed by atoms with Gasteiger partial charge in [0.2, 0.25) is 5.91 Å². The van der Waals surface area contributed by atoms with Gasteiger partial charge in [-0.15, -0.1) is 0 Å². The van der Waals surface area contributed by atoms with Crippen LogP contribution in [-0.4, -0.2) is 17.9 Å². The molecule has 0 aliphatic heterocycles. The molecule has 0 fully saturated rings. The highest BCUT2D eigenvalue weighted by molar-refractivity contribution is 9.10. The van der Waals surface area contributed by atoms with Crippen molar-refractivity contribution >= 4 is 33.8 Å². The van der Waals surface area contributed by atoms with Crippen molar-refractivity contribution in [3.63, 3.8) is 0 Å². The van der Waals surface area contributed by atoms with Gasteiger partial charge in [0.25, 0.3) is 0 Å². The zero-order chi connectivity index (χ0) is 17.7. The molecule has 2 aromatic rings. The number of ether oxygens (including phenoxy) is 1. The van der Waals surface area contributed by atoms with Gasteiger partial charge in [-0.25, -0.2) is 0 Å². The molecule has 0 aliphatic carbocycles. The van der Waals surface area contributed by atoms with E-state index in [2.05, 4.69) is 21.2 Å². The highest BCUT2D eigenvalue weighted by Gasteiger charge is 2.12. The van der Waals surface area contributed by atoms with Crippen LogP contribution in [0.5, 0.6) is 5.75 Å². The van der Waals surface area contributed by atoms with E-state index in [0.717, 1.165) is 10.0 Å². The lowest BCUT2D eigenvalue weighted by atomic mass is 10.1. The Balaban J connectivity index is 1.99. The second-order valence-electron chi connectivity index (χ2n) is 4.89. The van der Waals surface area contributed by atoms with Crippen molar-refractivity contribution in [1.29, 1.82) is 0 Å². The Labute approximate surface area is 146 Å². The number of nitro groups is 1. The fraction of sp³-hybridized carbons (Fsp3) is 0.188. The number of hydrogen-bond acceptors (Lipinski definition) is 5. The fourth-order valence-electron chi connectivity index (χ4n) is 1.98. The van der Waals surface area contributed by atoms with Crippen molar-refractivity contribution in [3.05, 3.63) is 62.3 Å². The van der Waals surface area contributed by atoms with E-state index in [4.69, 9.17) is 9.15 Å². The summed E-state index contributed by atoms with van der Waals surface area (Å²) in [5, 5.41) is 13.3. The lowest BCUT2D eigenvalue weighted by molar-refractivity contribution is -0.402. The molecule has 24 heavy (non-hydrogen) atoms. The van der Waals surface area contributed by atoms with Crippen LogP contribution < -0.4 is 10.1 Å². The first-order chi connectivity index (χ1) is 11.4. The van der Waals surface area contributed by atoms with E-state index >= 15 is 0 Å². The quantitative estimate of drug-likeness (QED) is 0.456. The minimum absolute atomic E-state index is 0.227. The van der Waals surface area contributed by atoms with Crippen LogP contribution in [0.4, 0.5) is 5.88 Å². The van der Waals surface area contributed by atoms with Crippen LogP contribution in [-0.2, 0) is 4.79 Å². The lowest BCUT2D eigenvalue weighted by Gasteiger charge is -2.14. The average Bonchev–Trinajstić information content (AvgIpc) is 3.02. The fourth-order valence-corrected chi connectivity index (χ4v) is 2.54. The molecule has 0 bridgehead atoms. The number of hydrogen-bond donors (Lipinski definition) is 1. The molecule has 0 saturated carbocycles. The third kappa shape index (κ3) is 4.45. The van der Waals surface area contributed by atoms with Crippen molar-refractivity contribution < 1.29 is 18.9 Å². The first kappa shape index (κ1) is 17.7. The molecule has 1 amide bonds. The topological polar surface area (TPSA) is 94.6 Å². The predicted octanol–water partition coefficient (Wildman–Crippen LogP) is 3.85. The minimum atomic E-state index is -0.638. The molecule has 2 rings (SSSR count). The minimum Gasteiger partial charge on any atom is -0.496 e. The highest BCUT2D eigenvalue weighted by Crippen LogP contribution is 2.28. The molecule has 0 aliphatic rings. The molecular weight excluding hydrogens is 380 g/mol. The summed E-state index contributed by atoms with van der Waals surface area (Å²) in [4.78, 5) is 21.8. The van der Waals surface area contributed by atoms with Crippen molar-refractivity contribution in [2.75, 3.05) is 7.11 Å². The SMILES string of the molecule is COc1ccc([C@H](C)NC(=O)/C=C/c2ccc([N+](=O)[O-])o2)cc1Br. The Morgan fingerprint density at radius 2 is 2.17 bits per heavy atom. The maximum Gasteiger partial charge on any atom is 0.433 e. The molecule has 8 heteroatoms. The maximum atomic E-state index is 11.9. The van der Waals surface area contributed by atoms with Crippen LogP contribution in [0.25, 0.3) is 6.08 Å². The van der Waals surface area contributed by atoms with Crippen LogP contribution in [0.15, 0.2) is 45.3 Å². The zero-order valence-electron chi connectivity index (χ0n) is 13.0. The van der Waals surface area contributed by atoms with E-state index in [0.29, 0.717) is 5.75 Å². The molecule has 0 radical (unpaired) electrons. The van der Waals surface area contributed by atoms with E-state index in [-0.39, 0.29) is 23.6 Å². The average molecular weight is 395 g/mol. The molecule has 0 saturated heterocycles. The number of furan rings is 1. The summed E-state index contributed by atoms with van der Waals surface area (Å²) in [5.74, 6) is 0.230. The third-order valence-corrected chi connectivity index (χ3v) is 3.85. The Kier molecular flexibility index (Phi) is 5.75. The first-order valence-electron chi connectivity index (χ1n) is 6.97. The summed E-state index contributed by atoms with van der Waals surface area (Å²) < 4.78 is 10.9. The smallest absolute Gasteiger partial charge is 0.433 e. The van der Waals surface area contributed by atoms with E-state index in [9.17, 15) is 14.9 Å².